The Bertz CT molecular complexity index is 385. The van der Waals surface area contributed by atoms with Crippen LogP contribution in [0.3, 0.4) is 0 Å². The fraction of sp³-hybridized carbons (Fsp3) is 0.417. The maximum Gasteiger partial charge on any atom is 0.145 e. The minimum absolute atomic E-state index is 0.0354. The first-order valence-corrected chi connectivity index (χ1v) is 5.06. The standard InChI is InChI=1S/C12H16N2O2/c1-9(7-13)8-14-11-5-4-10(15-2)6-12(11)16-3/h4-6,9,14H,8H2,1-3H3. The molecule has 0 spiro atoms. The summed E-state index contributed by atoms with van der Waals surface area (Å²) >= 11 is 0. The second kappa shape index (κ2) is 5.86. The minimum atomic E-state index is -0.0354. The molecule has 0 saturated heterocycles. The van der Waals surface area contributed by atoms with Crippen LogP contribution in [0, 0.1) is 17.2 Å². The van der Waals surface area contributed by atoms with E-state index in [1.165, 1.54) is 0 Å². The van der Waals surface area contributed by atoms with E-state index in [1.54, 1.807) is 20.3 Å². The SMILES string of the molecule is COc1ccc(NCC(C)C#N)c(OC)c1. The molecule has 0 aliphatic rings. The summed E-state index contributed by atoms with van der Waals surface area (Å²) in [4.78, 5) is 0. The number of ether oxygens (including phenoxy) is 2. The first-order valence-electron chi connectivity index (χ1n) is 5.06. The van der Waals surface area contributed by atoms with Crippen LogP contribution in [0.1, 0.15) is 6.92 Å². The highest BCUT2D eigenvalue weighted by Crippen LogP contribution is 2.28. The normalized spacial score (nSPS) is 11.4. The summed E-state index contributed by atoms with van der Waals surface area (Å²) in [5.74, 6) is 1.42. The number of hydrogen-bond donors (Lipinski definition) is 1. The molecule has 86 valence electrons. The number of nitrogens with one attached hydrogen (secondary N) is 1. The molecule has 0 saturated carbocycles. The van der Waals surface area contributed by atoms with Gasteiger partial charge in [0.25, 0.3) is 0 Å². The molecule has 1 aromatic carbocycles. The van der Waals surface area contributed by atoms with E-state index in [-0.39, 0.29) is 5.92 Å². The minimum Gasteiger partial charge on any atom is -0.497 e. The summed E-state index contributed by atoms with van der Waals surface area (Å²) in [6.45, 7) is 2.46. The van der Waals surface area contributed by atoms with Gasteiger partial charge in [0.1, 0.15) is 11.5 Å². The number of nitriles is 1. The third kappa shape index (κ3) is 3.06. The zero-order valence-corrected chi connectivity index (χ0v) is 9.78. The monoisotopic (exact) mass is 220 g/mol. The molecule has 0 aromatic heterocycles. The summed E-state index contributed by atoms with van der Waals surface area (Å²) in [6.07, 6.45) is 0. The third-order valence-corrected chi connectivity index (χ3v) is 2.23. The quantitative estimate of drug-likeness (QED) is 0.827. The molecular weight excluding hydrogens is 204 g/mol. The van der Waals surface area contributed by atoms with Crippen molar-refractivity contribution in [1.82, 2.24) is 0 Å². The molecule has 0 radical (unpaired) electrons. The van der Waals surface area contributed by atoms with Crippen LogP contribution in [-0.2, 0) is 0 Å². The maximum atomic E-state index is 8.68. The van der Waals surface area contributed by atoms with Crippen molar-refractivity contribution in [1.29, 1.82) is 5.26 Å². The third-order valence-electron chi connectivity index (χ3n) is 2.23. The fourth-order valence-electron chi connectivity index (χ4n) is 1.25. The average molecular weight is 220 g/mol. The molecule has 0 heterocycles. The fourth-order valence-corrected chi connectivity index (χ4v) is 1.25. The van der Waals surface area contributed by atoms with Gasteiger partial charge in [-0.05, 0) is 19.1 Å². The molecule has 1 aromatic rings. The van der Waals surface area contributed by atoms with Gasteiger partial charge >= 0.3 is 0 Å². The van der Waals surface area contributed by atoms with Crippen molar-refractivity contribution in [3.05, 3.63) is 18.2 Å². The van der Waals surface area contributed by atoms with Crippen molar-refractivity contribution < 1.29 is 9.47 Å². The van der Waals surface area contributed by atoms with Crippen LogP contribution in [0.4, 0.5) is 5.69 Å². The predicted octanol–water partition coefficient (Wildman–Crippen LogP) is 2.28. The predicted molar refractivity (Wildman–Crippen MR) is 62.8 cm³/mol. The molecule has 16 heavy (non-hydrogen) atoms. The molecule has 1 N–H and O–H groups in total. The van der Waals surface area contributed by atoms with Gasteiger partial charge in [-0.15, -0.1) is 0 Å². The van der Waals surface area contributed by atoms with E-state index in [9.17, 15) is 0 Å². The molecule has 0 aliphatic carbocycles. The molecule has 4 heteroatoms. The summed E-state index contributed by atoms with van der Waals surface area (Å²) in [5, 5.41) is 11.8. The lowest BCUT2D eigenvalue weighted by Gasteiger charge is -2.12. The van der Waals surface area contributed by atoms with Gasteiger partial charge in [-0.1, -0.05) is 0 Å². The van der Waals surface area contributed by atoms with Gasteiger partial charge in [0.2, 0.25) is 0 Å². The Morgan fingerprint density at radius 1 is 1.38 bits per heavy atom. The number of methoxy groups -OCH3 is 2. The summed E-state index contributed by atoms with van der Waals surface area (Å²) in [7, 11) is 3.22. The van der Waals surface area contributed by atoms with Crippen LogP contribution in [-0.4, -0.2) is 20.8 Å². The molecule has 4 nitrogen and oxygen atoms in total. The van der Waals surface area contributed by atoms with Gasteiger partial charge in [-0.2, -0.15) is 5.26 Å². The van der Waals surface area contributed by atoms with E-state index in [2.05, 4.69) is 11.4 Å². The lowest BCUT2D eigenvalue weighted by Crippen LogP contribution is -2.10. The zero-order valence-electron chi connectivity index (χ0n) is 9.78. The summed E-state index contributed by atoms with van der Waals surface area (Å²) in [6, 6.07) is 7.70. The molecule has 1 rings (SSSR count). The lowest BCUT2D eigenvalue weighted by molar-refractivity contribution is 0.395. The largest absolute Gasteiger partial charge is 0.497 e. The topological polar surface area (TPSA) is 54.3 Å². The molecule has 0 aliphatic heterocycles. The van der Waals surface area contributed by atoms with Crippen LogP contribution in [0.25, 0.3) is 0 Å². The van der Waals surface area contributed by atoms with Crippen molar-refractivity contribution in [3.63, 3.8) is 0 Å². The molecule has 0 bridgehead atoms. The maximum absolute atomic E-state index is 8.68. The van der Waals surface area contributed by atoms with Crippen molar-refractivity contribution >= 4 is 5.69 Å². The highest BCUT2D eigenvalue weighted by atomic mass is 16.5. The molecule has 0 amide bonds. The average Bonchev–Trinajstić information content (AvgIpc) is 2.35. The number of rotatable bonds is 5. The van der Waals surface area contributed by atoms with E-state index >= 15 is 0 Å². The van der Waals surface area contributed by atoms with Gasteiger partial charge in [0.05, 0.1) is 31.9 Å². The smallest absolute Gasteiger partial charge is 0.145 e. The number of hydrogen-bond acceptors (Lipinski definition) is 4. The van der Waals surface area contributed by atoms with Crippen LogP contribution < -0.4 is 14.8 Å². The van der Waals surface area contributed by atoms with E-state index in [4.69, 9.17) is 14.7 Å². The second-order valence-corrected chi connectivity index (χ2v) is 3.48. The summed E-state index contributed by atoms with van der Waals surface area (Å²) in [5.41, 5.74) is 0.866. The van der Waals surface area contributed by atoms with Crippen LogP contribution in [0.2, 0.25) is 0 Å². The van der Waals surface area contributed by atoms with Crippen LogP contribution in [0.5, 0.6) is 11.5 Å². The molecule has 1 atom stereocenters. The first kappa shape index (κ1) is 12.2. The van der Waals surface area contributed by atoms with Crippen molar-refractivity contribution in [2.45, 2.75) is 6.92 Å². The highest BCUT2D eigenvalue weighted by molar-refractivity contribution is 5.59. The number of anilines is 1. The Kier molecular flexibility index (Phi) is 4.46. The van der Waals surface area contributed by atoms with Crippen molar-refractivity contribution in [2.24, 2.45) is 5.92 Å². The van der Waals surface area contributed by atoms with E-state index in [0.29, 0.717) is 12.3 Å². The Morgan fingerprint density at radius 2 is 2.12 bits per heavy atom. The Morgan fingerprint density at radius 3 is 2.69 bits per heavy atom. The molecular formula is C12H16N2O2. The Labute approximate surface area is 95.8 Å². The zero-order chi connectivity index (χ0) is 12.0. The van der Waals surface area contributed by atoms with Gasteiger partial charge < -0.3 is 14.8 Å². The van der Waals surface area contributed by atoms with Gasteiger partial charge in [-0.25, -0.2) is 0 Å². The van der Waals surface area contributed by atoms with Crippen LogP contribution >= 0.6 is 0 Å². The van der Waals surface area contributed by atoms with Gasteiger partial charge in [0, 0.05) is 12.6 Å². The van der Waals surface area contributed by atoms with E-state index in [0.717, 1.165) is 11.4 Å². The Hall–Kier alpha value is -1.89. The van der Waals surface area contributed by atoms with Gasteiger partial charge in [-0.3, -0.25) is 0 Å². The van der Waals surface area contributed by atoms with E-state index < -0.39 is 0 Å². The first-order chi connectivity index (χ1) is 7.71. The van der Waals surface area contributed by atoms with Crippen LogP contribution in [0.15, 0.2) is 18.2 Å². The summed E-state index contributed by atoms with van der Waals surface area (Å²) < 4.78 is 10.3. The molecule has 0 fully saturated rings. The number of nitrogens with zero attached hydrogens (tertiary/aromatic N) is 1. The van der Waals surface area contributed by atoms with Crippen molar-refractivity contribution in [2.75, 3.05) is 26.1 Å². The van der Waals surface area contributed by atoms with Crippen molar-refractivity contribution in [3.8, 4) is 17.6 Å². The van der Waals surface area contributed by atoms with Gasteiger partial charge in [0.15, 0.2) is 0 Å². The Balaban J connectivity index is 2.76. The van der Waals surface area contributed by atoms with E-state index in [1.807, 2.05) is 19.1 Å². The second-order valence-electron chi connectivity index (χ2n) is 3.48. The highest BCUT2D eigenvalue weighted by Gasteiger charge is 2.06. The number of benzene rings is 1. The molecule has 1 unspecified atom stereocenters. The lowest BCUT2D eigenvalue weighted by atomic mass is 10.2.